The lowest BCUT2D eigenvalue weighted by molar-refractivity contribution is -0.384. The predicted molar refractivity (Wildman–Crippen MR) is 77.4 cm³/mol. The zero-order valence-electron chi connectivity index (χ0n) is 11.1. The van der Waals surface area contributed by atoms with Crippen molar-refractivity contribution in [3.8, 4) is 0 Å². The molecule has 0 saturated heterocycles. The van der Waals surface area contributed by atoms with Crippen molar-refractivity contribution >= 4 is 29.0 Å². The summed E-state index contributed by atoms with van der Waals surface area (Å²) in [5, 5.41) is 10.7. The Balaban J connectivity index is 2.30. The predicted octanol–water partition coefficient (Wildman–Crippen LogP) is 2.81. The number of nitrogens with zero attached hydrogens (tertiary/aromatic N) is 3. The number of benzene rings is 1. The molecule has 0 aliphatic carbocycles. The maximum atomic E-state index is 11.1. The van der Waals surface area contributed by atoms with Gasteiger partial charge in [-0.05, 0) is 13.0 Å². The van der Waals surface area contributed by atoms with Crippen LogP contribution >= 0.6 is 11.3 Å². The minimum absolute atomic E-state index is 0.0850. The Kier molecular flexibility index (Phi) is 4.09. The van der Waals surface area contributed by atoms with Crippen LogP contribution in [-0.4, -0.2) is 23.2 Å². The third-order valence-electron chi connectivity index (χ3n) is 2.99. The maximum Gasteiger partial charge on any atom is 0.270 e. The number of rotatable bonds is 5. The SMILES string of the molecule is Cc1ncsc1CN(C)c1ccc([N+](=O)[O-])cc1C=O. The first-order valence-corrected chi connectivity index (χ1v) is 6.74. The fourth-order valence-corrected chi connectivity index (χ4v) is 2.71. The van der Waals surface area contributed by atoms with Crippen LogP contribution in [0.5, 0.6) is 0 Å². The lowest BCUT2D eigenvalue weighted by atomic mass is 10.1. The summed E-state index contributed by atoms with van der Waals surface area (Å²) in [5.41, 5.74) is 3.62. The fourth-order valence-electron chi connectivity index (χ4n) is 1.88. The normalized spacial score (nSPS) is 10.3. The summed E-state index contributed by atoms with van der Waals surface area (Å²) in [6, 6.07) is 4.29. The average Bonchev–Trinajstić information content (AvgIpc) is 2.83. The van der Waals surface area contributed by atoms with Gasteiger partial charge in [-0.3, -0.25) is 14.9 Å². The molecule has 7 heteroatoms. The molecular weight excluding hydrogens is 278 g/mol. The number of aromatic nitrogens is 1. The van der Waals surface area contributed by atoms with E-state index in [4.69, 9.17) is 0 Å². The van der Waals surface area contributed by atoms with Crippen LogP contribution in [0.25, 0.3) is 0 Å². The largest absolute Gasteiger partial charge is 0.369 e. The molecule has 0 fully saturated rings. The Morgan fingerprint density at radius 3 is 2.80 bits per heavy atom. The van der Waals surface area contributed by atoms with E-state index in [2.05, 4.69) is 4.98 Å². The van der Waals surface area contributed by atoms with Gasteiger partial charge in [-0.2, -0.15) is 0 Å². The molecule has 0 radical (unpaired) electrons. The van der Waals surface area contributed by atoms with Crippen LogP contribution in [0.15, 0.2) is 23.7 Å². The lowest BCUT2D eigenvalue weighted by Crippen LogP contribution is -2.18. The maximum absolute atomic E-state index is 11.1. The monoisotopic (exact) mass is 291 g/mol. The molecule has 0 saturated carbocycles. The fraction of sp³-hybridized carbons (Fsp3) is 0.231. The molecule has 0 aliphatic rings. The average molecular weight is 291 g/mol. The van der Waals surface area contributed by atoms with Crippen LogP contribution in [-0.2, 0) is 6.54 Å². The molecule has 0 unspecified atom stereocenters. The number of thiazole rings is 1. The van der Waals surface area contributed by atoms with E-state index in [1.807, 2.05) is 18.9 Å². The van der Waals surface area contributed by atoms with E-state index in [-0.39, 0.29) is 5.69 Å². The van der Waals surface area contributed by atoms with Gasteiger partial charge in [-0.15, -0.1) is 11.3 Å². The molecule has 2 aromatic rings. The van der Waals surface area contributed by atoms with Crippen LogP contribution in [0.1, 0.15) is 20.9 Å². The molecule has 2 rings (SSSR count). The third kappa shape index (κ3) is 2.83. The second-order valence-corrected chi connectivity index (χ2v) is 5.27. The van der Waals surface area contributed by atoms with Crippen LogP contribution < -0.4 is 4.90 Å². The number of non-ortho nitro benzene ring substituents is 1. The minimum Gasteiger partial charge on any atom is -0.369 e. The van der Waals surface area contributed by atoms with Gasteiger partial charge in [0.25, 0.3) is 5.69 Å². The molecule has 6 nitrogen and oxygen atoms in total. The molecule has 1 heterocycles. The summed E-state index contributed by atoms with van der Waals surface area (Å²) >= 11 is 1.54. The van der Waals surface area contributed by atoms with Gasteiger partial charge in [0.1, 0.15) is 0 Å². The van der Waals surface area contributed by atoms with E-state index < -0.39 is 4.92 Å². The molecule has 0 atom stereocenters. The zero-order chi connectivity index (χ0) is 14.7. The summed E-state index contributed by atoms with van der Waals surface area (Å²) < 4.78 is 0. The van der Waals surface area contributed by atoms with E-state index in [0.29, 0.717) is 24.1 Å². The number of aldehydes is 1. The highest BCUT2D eigenvalue weighted by Crippen LogP contribution is 2.26. The van der Waals surface area contributed by atoms with E-state index in [0.717, 1.165) is 10.6 Å². The molecular formula is C13H13N3O3S. The van der Waals surface area contributed by atoms with Gasteiger partial charge in [-0.25, -0.2) is 4.98 Å². The number of hydrogen-bond donors (Lipinski definition) is 0. The van der Waals surface area contributed by atoms with Crippen LogP contribution in [0.2, 0.25) is 0 Å². The molecule has 0 bridgehead atoms. The van der Waals surface area contributed by atoms with Crippen molar-refractivity contribution in [1.29, 1.82) is 0 Å². The van der Waals surface area contributed by atoms with E-state index >= 15 is 0 Å². The summed E-state index contributed by atoms with van der Waals surface area (Å²) in [7, 11) is 1.84. The zero-order valence-corrected chi connectivity index (χ0v) is 11.9. The first-order valence-electron chi connectivity index (χ1n) is 5.86. The number of hydrogen-bond acceptors (Lipinski definition) is 6. The van der Waals surface area contributed by atoms with Gasteiger partial charge in [-0.1, -0.05) is 0 Å². The van der Waals surface area contributed by atoms with Crippen molar-refractivity contribution < 1.29 is 9.72 Å². The van der Waals surface area contributed by atoms with Gasteiger partial charge >= 0.3 is 0 Å². The molecule has 0 amide bonds. The summed E-state index contributed by atoms with van der Waals surface area (Å²) in [5.74, 6) is 0. The van der Waals surface area contributed by atoms with Crippen molar-refractivity contribution in [3.05, 3.63) is 50.0 Å². The van der Waals surface area contributed by atoms with Crippen molar-refractivity contribution in [2.45, 2.75) is 13.5 Å². The molecule has 1 aromatic carbocycles. The summed E-state index contributed by atoms with van der Waals surface area (Å²) in [4.78, 5) is 28.5. The van der Waals surface area contributed by atoms with E-state index in [1.54, 1.807) is 22.9 Å². The van der Waals surface area contributed by atoms with Crippen molar-refractivity contribution in [3.63, 3.8) is 0 Å². The Morgan fingerprint density at radius 1 is 1.50 bits per heavy atom. The number of carbonyl (C=O) groups excluding carboxylic acids is 1. The van der Waals surface area contributed by atoms with Crippen molar-refractivity contribution in [1.82, 2.24) is 4.98 Å². The number of nitro benzene ring substituents is 1. The Labute approximate surface area is 119 Å². The van der Waals surface area contributed by atoms with Crippen molar-refractivity contribution in [2.24, 2.45) is 0 Å². The molecule has 1 aromatic heterocycles. The molecule has 0 aliphatic heterocycles. The Bertz CT molecular complexity index is 654. The Hall–Kier alpha value is -2.28. The van der Waals surface area contributed by atoms with E-state index in [1.165, 1.54) is 12.1 Å². The Morgan fingerprint density at radius 2 is 2.25 bits per heavy atom. The smallest absolute Gasteiger partial charge is 0.270 e. The molecule has 0 N–H and O–H groups in total. The van der Waals surface area contributed by atoms with Crippen LogP contribution in [0.3, 0.4) is 0 Å². The van der Waals surface area contributed by atoms with Gasteiger partial charge in [0.15, 0.2) is 6.29 Å². The molecule has 20 heavy (non-hydrogen) atoms. The number of carbonyl (C=O) groups is 1. The van der Waals surface area contributed by atoms with Gasteiger partial charge in [0.2, 0.25) is 0 Å². The summed E-state index contributed by atoms with van der Waals surface area (Å²) in [6.07, 6.45) is 0.637. The second kappa shape index (κ2) is 5.79. The third-order valence-corrected chi connectivity index (χ3v) is 3.91. The topological polar surface area (TPSA) is 76.3 Å². The molecule has 104 valence electrons. The van der Waals surface area contributed by atoms with Gasteiger partial charge < -0.3 is 4.90 Å². The quantitative estimate of drug-likeness (QED) is 0.481. The molecule has 0 spiro atoms. The first-order chi connectivity index (χ1) is 9.52. The minimum atomic E-state index is -0.510. The lowest BCUT2D eigenvalue weighted by Gasteiger charge is -2.20. The number of anilines is 1. The van der Waals surface area contributed by atoms with Gasteiger partial charge in [0, 0.05) is 35.3 Å². The standard InChI is InChI=1S/C13H13N3O3S/c1-9-13(20-8-14-9)6-15(2)12-4-3-11(16(18)19)5-10(12)7-17/h3-5,7-8H,6H2,1-2H3. The first kappa shape index (κ1) is 14.1. The van der Waals surface area contributed by atoms with Crippen LogP contribution in [0.4, 0.5) is 11.4 Å². The van der Waals surface area contributed by atoms with E-state index in [9.17, 15) is 14.9 Å². The number of nitro groups is 1. The highest BCUT2D eigenvalue weighted by molar-refractivity contribution is 7.09. The highest BCUT2D eigenvalue weighted by Gasteiger charge is 2.14. The second-order valence-electron chi connectivity index (χ2n) is 4.34. The van der Waals surface area contributed by atoms with Crippen molar-refractivity contribution in [2.75, 3.05) is 11.9 Å². The summed E-state index contributed by atoms with van der Waals surface area (Å²) in [6.45, 7) is 2.53. The number of aryl methyl sites for hydroxylation is 1. The highest BCUT2D eigenvalue weighted by atomic mass is 32.1. The van der Waals surface area contributed by atoms with Gasteiger partial charge in [0.05, 0.1) is 22.7 Å². The van der Waals surface area contributed by atoms with Crippen LogP contribution in [0, 0.1) is 17.0 Å².